The van der Waals surface area contributed by atoms with Gasteiger partial charge in [0.15, 0.2) is 0 Å². The lowest BCUT2D eigenvalue weighted by molar-refractivity contribution is 0.441. The van der Waals surface area contributed by atoms with Gasteiger partial charge in [-0.05, 0) is 18.2 Å². The molecule has 4 nitrogen and oxygen atoms in total. The van der Waals surface area contributed by atoms with E-state index in [2.05, 4.69) is 4.98 Å². The minimum Gasteiger partial charge on any atom is -0.493 e. The average Bonchev–Trinajstić information content (AvgIpc) is 2.44. The first-order valence-corrected chi connectivity index (χ1v) is 4.79. The fourth-order valence-corrected chi connectivity index (χ4v) is 1.79. The fraction of sp³-hybridized carbons (Fsp3) is 0. The van der Waals surface area contributed by atoms with Crippen molar-refractivity contribution in [1.29, 1.82) is 0 Å². The van der Waals surface area contributed by atoms with Gasteiger partial charge in [0.05, 0.1) is 11.9 Å². The minimum absolute atomic E-state index is 0.196. The Morgan fingerprint density at radius 3 is 2.27 bits per heavy atom. The summed E-state index contributed by atoms with van der Waals surface area (Å²) >= 11 is 11.6. The topological polar surface area (TPSA) is 58.0 Å². The molecule has 0 aliphatic heterocycles. The molecule has 2 rings (SSSR count). The number of hydrogen-bond donors (Lipinski definition) is 2. The molecule has 0 aliphatic rings. The monoisotopic (exact) mass is 244 g/mol. The van der Waals surface area contributed by atoms with Gasteiger partial charge in [0.1, 0.15) is 0 Å². The molecule has 1 heterocycles. The Hall–Kier alpha value is -1.39. The van der Waals surface area contributed by atoms with Crippen LogP contribution in [0.5, 0.6) is 5.88 Å². The zero-order chi connectivity index (χ0) is 11.0. The van der Waals surface area contributed by atoms with Crippen molar-refractivity contribution in [2.24, 2.45) is 0 Å². The Labute approximate surface area is 94.7 Å². The summed E-state index contributed by atoms with van der Waals surface area (Å²) < 4.78 is 1.07. The molecule has 78 valence electrons. The number of aromatic nitrogens is 2. The maximum atomic E-state index is 11.3. The van der Waals surface area contributed by atoms with Crippen LogP contribution < -0.4 is 5.69 Å². The lowest BCUT2D eigenvalue weighted by Crippen LogP contribution is -2.14. The largest absolute Gasteiger partial charge is 0.493 e. The van der Waals surface area contributed by atoms with Crippen molar-refractivity contribution in [2.75, 3.05) is 0 Å². The summed E-state index contributed by atoms with van der Waals surface area (Å²) in [6.07, 6.45) is 1.19. The van der Waals surface area contributed by atoms with Crippen LogP contribution in [0.2, 0.25) is 10.0 Å². The third-order valence-electron chi connectivity index (χ3n) is 1.86. The maximum absolute atomic E-state index is 11.3. The molecule has 0 spiro atoms. The Kier molecular flexibility index (Phi) is 2.46. The summed E-state index contributed by atoms with van der Waals surface area (Å²) in [7, 11) is 0. The van der Waals surface area contributed by atoms with E-state index in [1.165, 1.54) is 18.3 Å². The second kappa shape index (κ2) is 3.64. The number of hydrogen-bond acceptors (Lipinski definition) is 2. The van der Waals surface area contributed by atoms with Crippen LogP contribution in [0.15, 0.2) is 29.2 Å². The van der Waals surface area contributed by atoms with Gasteiger partial charge in [-0.1, -0.05) is 23.2 Å². The number of imidazole rings is 1. The highest BCUT2D eigenvalue weighted by atomic mass is 35.5. The molecule has 0 unspecified atom stereocenters. The van der Waals surface area contributed by atoms with Gasteiger partial charge < -0.3 is 10.1 Å². The van der Waals surface area contributed by atoms with Gasteiger partial charge in [-0.15, -0.1) is 0 Å². The molecule has 0 aliphatic carbocycles. The number of halogens is 2. The number of nitrogens with one attached hydrogen (secondary N) is 1. The summed E-state index contributed by atoms with van der Waals surface area (Å²) in [6.45, 7) is 0. The van der Waals surface area contributed by atoms with E-state index in [-0.39, 0.29) is 5.88 Å². The number of nitrogens with zero attached hydrogens (tertiary/aromatic N) is 1. The Balaban J connectivity index is 2.69. The number of H-pyrrole nitrogens is 1. The van der Waals surface area contributed by atoms with E-state index in [0.717, 1.165) is 4.57 Å². The Morgan fingerprint density at radius 1 is 1.20 bits per heavy atom. The molecular weight excluding hydrogens is 239 g/mol. The summed E-state index contributed by atoms with van der Waals surface area (Å²) in [4.78, 5) is 13.7. The van der Waals surface area contributed by atoms with Crippen molar-refractivity contribution in [1.82, 2.24) is 9.55 Å². The lowest BCUT2D eigenvalue weighted by atomic mass is 10.3. The normalized spacial score (nSPS) is 10.5. The third-order valence-corrected chi connectivity index (χ3v) is 2.30. The molecule has 0 saturated heterocycles. The predicted octanol–water partition coefficient (Wildman–Crippen LogP) is 2.18. The molecule has 0 bridgehead atoms. The van der Waals surface area contributed by atoms with Gasteiger partial charge in [0.2, 0.25) is 5.88 Å². The van der Waals surface area contributed by atoms with E-state index < -0.39 is 5.69 Å². The Bertz CT molecular complexity index is 539. The van der Waals surface area contributed by atoms with E-state index in [0.29, 0.717) is 15.7 Å². The number of aromatic amines is 1. The van der Waals surface area contributed by atoms with Crippen LogP contribution in [-0.4, -0.2) is 14.7 Å². The van der Waals surface area contributed by atoms with Crippen LogP contribution in [-0.2, 0) is 0 Å². The second-order valence-electron chi connectivity index (χ2n) is 2.92. The molecular formula is C9H6Cl2N2O2. The first-order chi connectivity index (χ1) is 7.08. The van der Waals surface area contributed by atoms with Crippen molar-refractivity contribution in [3.63, 3.8) is 0 Å². The number of rotatable bonds is 1. The molecule has 2 N–H and O–H groups in total. The van der Waals surface area contributed by atoms with Gasteiger partial charge >= 0.3 is 5.69 Å². The number of aromatic hydroxyl groups is 1. The van der Waals surface area contributed by atoms with Gasteiger partial charge in [-0.25, -0.2) is 9.36 Å². The highest BCUT2D eigenvalue weighted by Crippen LogP contribution is 2.23. The Morgan fingerprint density at radius 2 is 1.80 bits per heavy atom. The standard InChI is InChI=1S/C9H6Cl2N2O2/c10-5-1-6(11)3-7(2-5)13-8(14)4-12-9(13)15/h1-4,14H,(H,12,15). The molecule has 0 saturated carbocycles. The first kappa shape index (κ1) is 10.1. The van der Waals surface area contributed by atoms with E-state index >= 15 is 0 Å². The molecule has 1 aromatic heterocycles. The molecule has 15 heavy (non-hydrogen) atoms. The van der Waals surface area contributed by atoms with Crippen molar-refractivity contribution >= 4 is 23.2 Å². The molecule has 6 heteroatoms. The second-order valence-corrected chi connectivity index (χ2v) is 3.79. The SMILES string of the molecule is O=c1[nH]cc(O)n1-c1cc(Cl)cc(Cl)c1. The summed E-state index contributed by atoms with van der Waals surface area (Å²) in [5, 5.41) is 10.2. The molecule has 0 amide bonds. The van der Waals surface area contributed by atoms with E-state index in [1.54, 1.807) is 6.07 Å². The maximum Gasteiger partial charge on any atom is 0.333 e. The van der Waals surface area contributed by atoms with Crippen molar-refractivity contribution in [3.05, 3.63) is 44.9 Å². The summed E-state index contributed by atoms with van der Waals surface area (Å²) in [5.41, 5.74) is -0.0397. The third kappa shape index (κ3) is 1.86. The zero-order valence-electron chi connectivity index (χ0n) is 7.37. The van der Waals surface area contributed by atoms with Gasteiger partial charge in [-0.2, -0.15) is 0 Å². The van der Waals surface area contributed by atoms with Gasteiger partial charge in [-0.3, -0.25) is 0 Å². The van der Waals surface area contributed by atoms with Gasteiger partial charge in [0.25, 0.3) is 0 Å². The quantitative estimate of drug-likeness (QED) is 0.808. The van der Waals surface area contributed by atoms with Crippen LogP contribution in [0.3, 0.4) is 0 Å². The zero-order valence-corrected chi connectivity index (χ0v) is 8.88. The van der Waals surface area contributed by atoms with E-state index in [4.69, 9.17) is 23.2 Å². The van der Waals surface area contributed by atoms with E-state index in [1.807, 2.05) is 0 Å². The summed E-state index contributed by atoms with van der Waals surface area (Å²) in [5.74, 6) is -0.196. The smallest absolute Gasteiger partial charge is 0.333 e. The van der Waals surface area contributed by atoms with Crippen LogP contribution in [0.4, 0.5) is 0 Å². The molecule has 1 aromatic carbocycles. The van der Waals surface area contributed by atoms with E-state index in [9.17, 15) is 9.90 Å². The van der Waals surface area contributed by atoms with Crippen LogP contribution in [0, 0.1) is 0 Å². The van der Waals surface area contributed by atoms with Crippen molar-refractivity contribution < 1.29 is 5.11 Å². The fourth-order valence-electron chi connectivity index (χ4n) is 1.28. The predicted molar refractivity (Wildman–Crippen MR) is 58.1 cm³/mol. The highest BCUT2D eigenvalue weighted by molar-refractivity contribution is 6.34. The molecule has 0 atom stereocenters. The van der Waals surface area contributed by atoms with Crippen LogP contribution >= 0.6 is 23.2 Å². The first-order valence-electron chi connectivity index (χ1n) is 4.04. The minimum atomic E-state index is -0.453. The molecule has 0 radical (unpaired) electrons. The van der Waals surface area contributed by atoms with Crippen molar-refractivity contribution in [3.8, 4) is 11.6 Å². The number of benzene rings is 1. The highest BCUT2D eigenvalue weighted by Gasteiger charge is 2.08. The van der Waals surface area contributed by atoms with Gasteiger partial charge in [0, 0.05) is 10.0 Å². The molecule has 0 fully saturated rings. The van der Waals surface area contributed by atoms with Crippen LogP contribution in [0.25, 0.3) is 5.69 Å². The summed E-state index contributed by atoms with van der Waals surface area (Å²) in [6, 6.07) is 4.60. The average molecular weight is 245 g/mol. The molecule has 2 aromatic rings. The van der Waals surface area contributed by atoms with Crippen molar-refractivity contribution in [2.45, 2.75) is 0 Å². The lowest BCUT2D eigenvalue weighted by Gasteiger charge is -2.03. The van der Waals surface area contributed by atoms with Crippen LogP contribution in [0.1, 0.15) is 0 Å².